The van der Waals surface area contributed by atoms with E-state index in [1.807, 2.05) is 18.3 Å². The molecule has 0 atom stereocenters. The molecule has 0 aliphatic carbocycles. The van der Waals surface area contributed by atoms with E-state index in [0.717, 1.165) is 55.5 Å². The minimum absolute atomic E-state index is 0.882. The molecule has 0 aliphatic heterocycles. The molecule has 0 saturated heterocycles. The molecular weight excluding hydrogens is 681 g/mol. The lowest BCUT2D eigenvalue weighted by molar-refractivity contribution is 0.669. The van der Waals surface area contributed by atoms with Crippen molar-refractivity contribution in [2.75, 3.05) is 0 Å². The molecular formula is C53H32N2O. The number of benzene rings is 9. The number of pyridine rings is 1. The van der Waals surface area contributed by atoms with Crippen LogP contribution in [-0.4, -0.2) is 9.55 Å². The molecule has 9 aromatic carbocycles. The summed E-state index contributed by atoms with van der Waals surface area (Å²) < 4.78 is 8.81. The third-order valence-electron chi connectivity index (χ3n) is 11.6. The van der Waals surface area contributed by atoms with Gasteiger partial charge in [-0.2, -0.15) is 0 Å². The molecule has 0 amide bonds. The highest BCUT2D eigenvalue weighted by atomic mass is 16.3. The summed E-state index contributed by atoms with van der Waals surface area (Å²) in [5.41, 5.74) is 11.8. The first kappa shape index (κ1) is 30.9. The molecule has 0 bridgehead atoms. The second-order valence-electron chi connectivity index (χ2n) is 14.7. The summed E-state index contributed by atoms with van der Waals surface area (Å²) in [4.78, 5) is 4.95. The van der Waals surface area contributed by atoms with E-state index in [2.05, 4.69) is 180 Å². The average Bonchev–Trinajstić information content (AvgIpc) is 3.80. The number of aromatic nitrogens is 2. The van der Waals surface area contributed by atoms with Crippen molar-refractivity contribution in [2.24, 2.45) is 0 Å². The van der Waals surface area contributed by atoms with E-state index >= 15 is 0 Å². The summed E-state index contributed by atoms with van der Waals surface area (Å²) >= 11 is 0. The van der Waals surface area contributed by atoms with Crippen molar-refractivity contribution >= 4 is 76.1 Å². The molecule has 12 aromatic rings. The van der Waals surface area contributed by atoms with Gasteiger partial charge in [-0.25, -0.2) is 0 Å². The Morgan fingerprint density at radius 2 is 0.929 bits per heavy atom. The lowest BCUT2D eigenvalue weighted by Gasteiger charge is -2.12. The number of hydrogen-bond acceptors (Lipinski definition) is 2. The Bertz CT molecular complexity index is 3500. The lowest BCUT2D eigenvalue weighted by Crippen LogP contribution is -1.94. The van der Waals surface area contributed by atoms with Gasteiger partial charge >= 0.3 is 0 Å². The number of para-hydroxylation sites is 1. The van der Waals surface area contributed by atoms with Crippen LogP contribution in [0.25, 0.3) is 115 Å². The first-order valence-corrected chi connectivity index (χ1v) is 19.1. The Hall–Kier alpha value is -7.49. The first-order chi connectivity index (χ1) is 27.7. The summed E-state index contributed by atoms with van der Waals surface area (Å²) in [5, 5.41) is 12.2. The maximum Gasteiger partial charge on any atom is 0.137 e. The topological polar surface area (TPSA) is 31.0 Å². The molecule has 0 spiro atoms. The Balaban J connectivity index is 1.05. The highest BCUT2D eigenvalue weighted by Gasteiger charge is 2.18. The standard InChI is InChI=1S/C53H32N2O/c1-2-11-33(12-3-1)34-13-10-14-38(27-34)55-50-24-22-37(29-46(50)47-31-48-44-19-8-9-20-52(44)56-53(48)32-51(47)55)49-30-36(25-26-54-49)35-21-23-43-41-17-5-4-15-39(41)40-16-6-7-18-42(40)45(43)28-35/h1-32H. The molecule has 0 unspecified atom stereocenters. The van der Waals surface area contributed by atoms with E-state index in [1.165, 1.54) is 59.8 Å². The van der Waals surface area contributed by atoms with E-state index in [1.54, 1.807) is 0 Å². The van der Waals surface area contributed by atoms with Gasteiger partial charge in [0.1, 0.15) is 11.2 Å². The van der Waals surface area contributed by atoms with E-state index < -0.39 is 0 Å². The minimum Gasteiger partial charge on any atom is -0.456 e. The van der Waals surface area contributed by atoms with Crippen molar-refractivity contribution in [3.63, 3.8) is 0 Å². The van der Waals surface area contributed by atoms with Gasteiger partial charge in [-0.15, -0.1) is 0 Å². The summed E-state index contributed by atoms with van der Waals surface area (Å²) in [5.74, 6) is 0. The van der Waals surface area contributed by atoms with Crippen LogP contribution in [-0.2, 0) is 0 Å². The van der Waals surface area contributed by atoms with Crippen molar-refractivity contribution in [3.05, 3.63) is 194 Å². The molecule has 0 N–H and O–H groups in total. The van der Waals surface area contributed by atoms with Gasteiger partial charge in [-0.3, -0.25) is 4.98 Å². The molecule has 56 heavy (non-hydrogen) atoms. The molecule has 3 heteroatoms. The summed E-state index contributed by atoms with van der Waals surface area (Å²) in [6.45, 7) is 0. The highest BCUT2D eigenvalue weighted by Crippen LogP contribution is 2.41. The molecule has 0 radical (unpaired) electrons. The largest absolute Gasteiger partial charge is 0.456 e. The fraction of sp³-hybridized carbons (Fsp3) is 0. The monoisotopic (exact) mass is 712 g/mol. The van der Waals surface area contributed by atoms with Crippen molar-refractivity contribution in [1.29, 1.82) is 0 Å². The summed E-state index contributed by atoms with van der Waals surface area (Å²) in [7, 11) is 0. The van der Waals surface area contributed by atoms with Crippen molar-refractivity contribution in [3.8, 4) is 39.2 Å². The second kappa shape index (κ2) is 12.0. The second-order valence-corrected chi connectivity index (χ2v) is 14.7. The highest BCUT2D eigenvalue weighted by molar-refractivity contribution is 6.26. The normalized spacial score (nSPS) is 11.9. The average molecular weight is 713 g/mol. The number of furan rings is 1. The Morgan fingerprint density at radius 1 is 0.321 bits per heavy atom. The Labute approximate surface area is 322 Å². The minimum atomic E-state index is 0.882. The van der Waals surface area contributed by atoms with Crippen LogP contribution in [0.3, 0.4) is 0 Å². The molecule has 3 nitrogen and oxygen atoms in total. The van der Waals surface area contributed by atoms with E-state index in [4.69, 9.17) is 9.40 Å². The van der Waals surface area contributed by atoms with E-state index in [0.29, 0.717) is 0 Å². The van der Waals surface area contributed by atoms with Gasteiger partial charge in [-0.05, 0) is 109 Å². The fourth-order valence-corrected chi connectivity index (χ4v) is 8.99. The van der Waals surface area contributed by atoms with Gasteiger partial charge in [0, 0.05) is 45.1 Å². The number of nitrogens with zero attached hydrogens (tertiary/aromatic N) is 2. The fourth-order valence-electron chi connectivity index (χ4n) is 8.99. The van der Waals surface area contributed by atoms with Crippen molar-refractivity contribution < 1.29 is 4.42 Å². The summed E-state index contributed by atoms with van der Waals surface area (Å²) in [6.07, 6.45) is 1.94. The van der Waals surface area contributed by atoms with Gasteiger partial charge < -0.3 is 8.98 Å². The molecule has 3 aromatic heterocycles. The van der Waals surface area contributed by atoms with Crippen LogP contribution < -0.4 is 0 Å². The molecule has 0 aliphatic rings. The van der Waals surface area contributed by atoms with Crippen LogP contribution in [0.5, 0.6) is 0 Å². The maximum absolute atomic E-state index is 6.44. The van der Waals surface area contributed by atoms with Crippen molar-refractivity contribution in [2.45, 2.75) is 0 Å². The number of fused-ring (bicyclic) bond motifs is 12. The predicted molar refractivity (Wildman–Crippen MR) is 235 cm³/mol. The maximum atomic E-state index is 6.44. The predicted octanol–water partition coefficient (Wildman–Crippen LogP) is 14.5. The Morgan fingerprint density at radius 3 is 1.73 bits per heavy atom. The Kier molecular flexibility index (Phi) is 6.63. The van der Waals surface area contributed by atoms with Crippen molar-refractivity contribution in [1.82, 2.24) is 9.55 Å². The van der Waals surface area contributed by atoms with Gasteiger partial charge in [0.05, 0.1) is 16.7 Å². The smallest absolute Gasteiger partial charge is 0.137 e. The van der Waals surface area contributed by atoms with E-state index in [-0.39, 0.29) is 0 Å². The zero-order chi connectivity index (χ0) is 36.7. The van der Waals surface area contributed by atoms with Crippen LogP contribution in [0.1, 0.15) is 0 Å². The third kappa shape index (κ3) is 4.68. The van der Waals surface area contributed by atoms with Crippen LogP contribution in [0.4, 0.5) is 0 Å². The third-order valence-corrected chi connectivity index (χ3v) is 11.6. The number of hydrogen-bond donors (Lipinski definition) is 0. The molecule has 0 fully saturated rings. The van der Waals surface area contributed by atoms with Gasteiger partial charge in [0.2, 0.25) is 0 Å². The van der Waals surface area contributed by atoms with Crippen LogP contribution in [0.15, 0.2) is 199 Å². The summed E-state index contributed by atoms with van der Waals surface area (Å²) in [6, 6.07) is 67.7. The molecule has 3 heterocycles. The van der Waals surface area contributed by atoms with Gasteiger partial charge in [0.15, 0.2) is 0 Å². The van der Waals surface area contributed by atoms with Gasteiger partial charge in [0.25, 0.3) is 0 Å². The molecule has 0 saturated carbocycles. The number of rotatable bonds is 4. The van der Waals surface area contributed by atoms with E-state index in [9.17, 15) is 0 Å². The lowest BCUT2D eigenvalue weighted by atomic mass is 9.92. The van der Waals surface area contributed by atoms with Crippen LogP contribution in [0, 0.1) is 0 Å². The SMILES string of the molecule is c1ccc(-c2cccc(-n3c4ccc(-c5cc(-c6ccc7c8ccccc8c8ccccc8c7c6)ccn5)cc4c4cc5c(cc43)oc3ccccc35)c2)cc1. The first-order valence-electron chi connectivity index (χ1n) is 19.1. The van der Waals surface area contributed by atoms with Gasteiger partial charge in [-0.1, -0.05) is 127 Å². The quantitative estimate of drug-likeness (QED) is 0.170. The zero-order valence-corrected chi connectivity index (χ0v) is 30.3. The molecule has 12 rings (SSSR count). The van der Waals surface area contributed by atoms with Crippen LogP contribution in [0.2, 0.25) is 0 Å². The van der Waals surface area contributed by atoms with Crippen LogP contribution >= 0.6 is 0 Å². The molecule has 260 valence electrons. The zero-order valence-electron chi connectivity index (χ0n) is 30.3.